The fourth-order valence-corrected chi connectivity index (χ4v) is 1.85. The molecular weight excluding hydrogens is 210 g/mol. The second-order valence-electron chi connectivity index (χ2n) is 4.11. The SMILES string of the molecule is COc1ccccc1-c1ccc([C@@H](C)N)cc1. The van der Waals surface area contributed by atoms with Crippen LogP contribution in [0.2, 0.25) is 0 Å². The van der Waals surface area contributed by atoms with Gasteiger partial charge in [-0.25, -0.2) is 0 Å². The van der Waals surface area contributed by atoms with Gasteiger partial charge in [-0.1, -0.05) is 42.5 Å². The molecule has 2 heteroatoms. The van der Waals surface area contributed by atoms with Crippen molar-refractivity contribution in [2.24, 2.45) is 5.73 Å². The molecule has 0 spiro atoms. The standard InChI is InChI=1S/C15H17NO/c1-11(16)12-7-9-13(10-8-12)14-5-3-4-6-15(14)17-2/h3-11H,16H2,1-2H3/t11-/m1/s1. The summed E-state index contributed by atoms with van der Waals surface area (Å²) in [5, 5.41) is 0. The molecule has 0 saturated heterocycles. The molecule has 2 aromatic carbocycles. The van der Waals surface area contributed by atoms with Crippen LogP contribution in [-0.2, 0) is 0 Å². The van der Waals surface area contributed by atoms with Gasteiger partial charge in [0.25, 0.3) is 0 Å². The Bertz CT molecular complexity index is 489. The monoisotopic (exact) mass is 227 g/mol. The summed E-state index contributed by atoms with van der Waals surface area (Å²) < 4.78 is 5.35. The van der Waals surface area contributed by atoms with Crippen molar-refractivity contribution in [3.8, 4) is 16.9 Å². The van der Waals surface area contributed by atoms with Crippen LogP contribution in [0.3, 0.4) is 0 Å². The third-order valence-electron chi connectivity index (χ3n) is 2.85. The molecule has 0 amide bonds. The molecule has 17 heavy (non-hydrogen) atoms. The lowest BCUT2D eigenvalue weighted by Gasteiger charge is -2.10. The zero-order valence-electron chi connectivity index (χ0n) is 10.2. The molecule has 1 atom stereocenters. The van der Waals surface area contributed by atoms with Gasteiger partial charge < -0.3 is 10.5 Å². The molecule has 2 nitrogen and oxygen atoms in total. The molecule has 2 aromatic rings. The molecule has 2 N–H and O–H groups in total. The van der Waals surface area contributed by atoms with E-state index in [1.807, 2.05) is 25.1 Å². The summed E-state index contributed by atoms with van der Waals surface area (Å²) in [7, 11) is 1.69. The maximum atomic E-state index is 5.83. The summed E-state index contributed by atoms with van der Waals surface area (Å²) in [6.45, 7) is 1.98. The fraction of sp³-hybridized carbons (Fsp3) is 0.200. The second kappa shape index (κ2) is 5.02. The number of hydrogen-bond acceptors (Lipinski definition) is 2. The molecular formula is C15H17NO. The lowest BCUT2D eigenvalue weighted by molar-refractivity contribution is 0.416. The van der Waals surface area contributed by atoms with E-state index in [2.05, 4.69) is 30.3 Å². The molecule has 0 radical (unpaired) electrons. The van der Waals surface area contributed by atoms with Crippen LogP contribution in [0.1, 0.15) is 18.5 Å². The first kappa shape index (κ1) is 11.7. The van der Waals surface area contributed by atoms with Crippen molar-refractivity contribution in [2.45, 2.75) is 13.0 Å². The van der Waals surface area contributed by atoms with Gasteiger partial charge in [0.1, 0.15) is 5.75 Å². The molecule has 0 fully saturated rings. The van der Waals surface area contributed by atoms with Crippen molar-refractivity contribution in [1.82, 2.24) is 0 Å². The first-order valence-electron chi connectivity index (χ1n) is 5.71. The first-order valence-corrected chi connectivity index (χ1v) is 5.71. The van der Waals surface area contributed by atoms with Crippen molar-refractivity contribution in [1.29, 1.82) is 0 Å². The van der Waals surface area contributed by atoms with Crippen molar-refractivity contribution >= 4 is 0 Å². The predicted molar refractivity (Wildman–Crippen MR) is 71.0 cm³/mol. The van der Waals surface area contributed by atoms with Crippen molar-refractivity contribution in [2.75, 3.05) is 7.11 Å². The van der Waals surface area contributed by atoms with E-state index in [-0.39, 0.29) is 6.04 Å². The first-order chi connectivity index (χ1) is 8.22. The highest BCUT2D eigenvalue weighted by Crippen LogP contribution is 2.29. The van der Waals surface area contributed by atoms with Crippen LogP contribution in [0.5, 0.6) is 5.75 Å². The Morgan fingerprint density at radius 3 is 2.24 bits per heavy atom. The van der Waals surface area contributed by atoms with Gasteiger partial charge in [-0.05, 0) is 24.1 Å². The highest BCUT2D eigenvalue weighted by Gasteiger charge is 2.05. The van der Waals surface area contributed by atoms with E-state index in [1.54, 1.807) is 7.11 Å². The van der Waals surface area contributed by atoms with Crippen LogP contribution >= 0.6 is 0 Å². The molecule has 0 saturated carbocycles. The number of ether oxygens (including phenoxy) is 1. The fourth-order valence-electron chi connectivity index (χ4n) is 1.85. The third kappa shape index (κ3) is 2.48. The predicted octanol–water partition coefficient (Wildman–Crippen LogP) is 3.38. The van der Waals surface area contributed by atoms with Gasteiger partial charge in [0.05, 0.1) is 7.11 Å². The molecule has 0 aliphatic carbocycles. The summed E-state index contributed by atoms with van der Waals surface area (Å²) in [6, 6.07) is 16.4. The molecule has 0 aliphatic heterocycles. The number of rotatable bonds is 3. The van der Waals surface area contributed by atoms with Gasteiger partial charge in [0.2, 0.25) is 0 Å². The van der Waals surface area contributed by atoms with E-state index in [0.29, 0.717) is 0 Å². The van der Waals surface area contributed by atoms with Gasteiger partial charge in [-0.2, -0.15) is 0 Å². The Morgan fingerprint density at radius 2 is 1.65 bits per heavy atom. The molecule has 0 aromatic heterocycles. The normalized spacial score (nSPS) is 12.2. The van der Waals surface area contributed by atoms with E-state index in [4.69, 9.17) is 10.5 Å². The van der Waals surface area contributed by atoms with E-state index < -0.39 is 0 Å². The van der Waals surface area contributed by atoms with Gasteiger partial charge in [-0.3, -0.25) is 0 Å². The highest BCUT2D eigenvalue weighted by atomic mass is 16.5. The molecule has 2 rings (SSSR count). The minimum atomic E-state index is 0.0710. The van der Waals surface area contributed by atoms with Crippen LogP contribution in [0.15, 0.2) is 48.5 Å². The lowest BCUT2D eigenvalue weighted by atomic mass is 10.0. The zero-order chi connectivity index (χ0) is 12.3. The summed E-state index contributed by atoms with van der Waals surface area (Å²) >= 11 is 0. The minimum absolute atomic E-state index is 0.0710. The smallest absolute Gasteiger partial charge is 0.126 e. The van der Waals surface area contributed by atoms with Gasteiger partial charge in [0, 0.05) is 11.6 Å². The van der Waals surface area contributed by atoms with E-state index in [0.717, 1.165) is 22.4 Å². The number of hydrogen-bond donors (Lipinski definition) is 1. The average molecular weight is 227 g/mol. The van der Waals surface area contributed by atoms with Gasteiger partial charge in [0.15, 0.2) is 0 Å². The Kier molecular flexibility index (Phi) is 3.45. The quantitative estimate of drug-likeness (QED) is 0.872. The topological polar surface area (TPSA) is 35.2 Å². The average Bonchev–Trinajstić information content (AvgIpc) is 2.39. The van der Waals surface area contributed by atoms with E-state index in [9.17, 15) is 0 Å². The maximum Gasteiger partial charge on any atom is 0.126 e. The van der Waals surface area contributed by atoms with Crippen LogP contribution < -0.4 is 10.5 Å². The molecule has 0 aliphatic rings. The Morgan fingerprint density at radius 1 is 1.00 bits per heavy atom. The van der Waals surface area contributed by atoms with Crippen molar-refractivity contribution in [3.63, 3.8) is 0 Å². The number of methoxy groups -OCH3 is 1. The molecule has 88 valence electrons. The van der Waals surface area contributed by atoms with Crippen LogP contribution in [0, 0.1) is 0 Å². The van der Waals surface area contributed by atoms with E-state index in [1.165, 1.54) is 0 Å². The van der Waals surface area contributed by atoms with Gasteiger partial charge >= 0.3 is 0 Å². The number of para-hydroxylation sites is 1. The van der Waals surface area contributed by atoms with Crippen LogP contribution in [-0.4, -0.2) is 7.11 Å². The highest BCUT2D eigenvalue weighted by molar-refractivity contribution is 5.70. The zero-order valence-corrected chi connectivity index (χ0v) is 10.2. The number of nitrogens with two attached hydrogens (primary N) is 1. The van der Waals surface area contributed by atoms with Crippen molar-refractivity contribution < 1.29 is 4.74 Å². The molecule has 0 heterocycles. The summed E-state index contributed by atoms with van der Waals surface area (Å²) in [5.74, 6) is 0.890. The summed E-state index contributed by atoms with van der Waals surface area (Å²) in [5.41, 5.74) is 9.22. The Labute approximate surface area is 102 Å². The number of benzene rings is 2. The van der Waals surface area contributed by atoms with E-state index >= 15 is 0 Å². The summed E-state index contributed by atoms with van der Waals surface area (Å²) in [6.07, 6.45) is 0. The summed E-state index contributed by atoms with van der Waals surface area (Å²) in [4.78, 5) is 0. The maximum absolute atomic E-state index is 5.83. The molecule has 0 bridgehead atoms. The van der Waals surface area contributed by atoms with Gasteiger partial charge in [-0.15, -0.1) is 0 Å². The molecule has 0 unspecified atom stereocenters. The largest absolute Gasteiger partial charge is 0.496 e. The van der Waals surface area contributed by atoms with Crippen LogP contribution in [0.4, 0.5) is 0 Å². The Balaban J connectivity index is 2.40. The van der Waals surface area contributed by atoms with Crippen molar-refractivity contribution in [3.05, 3.63) is 54.1 Å². The lowest BCUT2D eigenvalue weighted by Crippen LogP contribution is -2.04. The minimum Gasteiger partial charge on any atom is -0.496 e. The van der Waals surface area contributed by atoms with Crippen LogP contribution in [0.25, 0.3) is 11.1 Å². The third-order valence-corrected chi connectivity index (χ3v) is 2.85. The Hall–Kier alpha value is -1.80. The second-order valence-corrected chi connectivity index (χ2v) is 4.11.